The highest BCUT2D eigenvalue weighted by Gasteiger charge is 2.24. The Labute approximate surface area is 123 Å². The molecular formula is C15H21N5O. The van der Waals surface area contributed by atoms with E-state index in [0.717, 1.165) is 50.0 Å². The maximum absolute atomic E-state index is 12.6. The van der Waals surface area contributed by atoms with Crippen molar-refractivity contribution in [3.05, 3.63) is 23.9 Å². The highest BCUT2D eigenvalue weighted by atomic mass is 16.2. The van der Waals surface area contributed by atoms with Crippen molar-refractivity contribution in [2.45, 2.75) is 13.3 Å². The molecule has 3 rings (SSSR count). The summed E-state index contributed by atoms with van der Waals surface area (Å²) in [4.78, 5) is 16.9. The molecule has 0 atom stereocenters. The monoisotopic (exact) mass is 287 g/mol. The van der Waals surface area contributed by atoms with Crippen molar-refractivity contribution in [1.82, 2.24) is 20.0 Å². The Balaban J connectivity index is 1.77. The SMILES string of the molecule is CCCN1CCN(C(=O)c2n[nH]c3ccc(N)cc23)CC1. The summed E-state index contributed by atoms with van der Waals surface area (Å²) in [5, 5.41) is 7.88. The fraction of sp³-hybridized carbons (Fsp3) is 0.467. The zero-order chi connectivity index (χ0) is 14.8. The number of hydrogen-bond donors (Lipinski definition) is 2. The maximum atomic E-state index is 12.6. The molecule has 0 unspecified atom stereocenters. The maximum Gasteiger partial charge on any atom is 0.275 e. The van der Waals surface area contributed by atoms with Gasteiger partial charge in [0.25, 0.3) is 5.91 Å². The van der Waals surface area contributed by atoms with Gasteiger partial charge in [-0.15, -0.1) is 0 Å². The van der Waals surface area contributed by atoms with Crippen LogP contribution in [-0.2, 0) is 0 Å². The minimum atomic E-state index is -0.0111. The molecular weight excluding hydrogens is 266 g/mol. The summed E-state index contributed by atoms with van der Waals surface area (Å²) in [6.45, 7) is 6.67. The largest absolute Gasteiger partial charge is 0.399 e. The zero-order valence-corrected chi connectivity index (χ0v) is 12.3. The zero-order valence-electron chi connectivity index (χ0n) is 12.3. The Hall–Kier alpha value is -2.08. The molecule has 0 aliphatic carbocycles. The van der Waals surface area contributed by atoms with Gasteiger partial charge in [0.2, 0.25) is 0 Å². The lowest BCUT2D eigenvalue weighted by Crippen LogP contribution is -2.48. The quantitative estimate of drug-likeness (QED) is 0.834. The van der Waals surface area contributed by atoms with E-state index in [1.54, 1.807) is 12.1 Å². The third-order valence-corrected chi connectivity index (χ3v) is 3.99. The molecule has 0 bridgehead atoms. The van der Waals surface area contributed by atoms with Crippen LogP contribution in [-0.4, -0.2) is 58.6 Å². The van der Waals surface area contributed by atoms with Crippen molar-refractivity contribution in [1.29, 1.82) is 0 Å². The number of carbonyl (C=O) groups is 1. The Morgan fingerprint density at radius 1 is 1.33 bits per heavy atom. The molecule has 6 heteroatoms. The van der Waals surface area contributed by atoms with Crippen LogP contribution in [0, 0.1) is 0 Å². The molecule has 1 aliphatic heterocycles. The summed E-state index contributed by atoms with van der Waals surface area (Å²) in [6.07, 6.45) is 1.15. The van der Waals surface area contributed by atoms with Crippen LogP contribution in [0.3, 0.4) is 0 Å². The first-order valence-electron chi connectivity index (χ1n) is 7.44. The molecule has 2 aromatic rings. The van der Waals surface area contributed by atoms with E-state index in [-0.39, 0.29) is 5.91 Å². The van der Waals surface area contributed by atoms with Crippen molar-refractivity contribution in [3.8, 4) is 0 Å². The number of nitrogens with two attached hydrogens (primary N) is 1. The van der Waals surface area contributed by atoms with Crippen molar-refractivity contribution in [2.24, 2.45) is 0 Å². The summed E-state index contributed by atoms with van der Waals surface area (Å²) in [7, 11) is 0. The van der Waals surface area contributed by atoms with Gasteiger partial charge in [-0.25, -0.2) is 0 Å². The van der Waals surface area contributed by atoms with E-state index < -0.39 is 0 Å². The van der Waals surface area contributed by atoms with Gasteiger partial charge < -0.3 is 10.6 Å². The summed E-state index contributed by atoms with van der Waals surface area (Å²) in [6, 6.07) is 5.46. The molecule has 2 heterocycles. The van der Waals surface area contributed by atoms with Gasteiger partial charge in [0, 0.05) is 37.3 Å². The fourth-order valence-corrected chi connectivity index (χ4v) is 2.84. The lowest BCUT2D eigenvalue weighted by molar-refractivity contribution is 0.0633. The van der Waals surface area contributed by atoms with E-state index in [0.29, 0.717) is 11.4 Å². The van der Waals surface area contributed by atoms with Gasteiger partial charge >= 0.3 is 0 Å². The fourth-order valence-electron chi connectivity index (χ4n) is 2.84. The second-order valence-corrected chi connectivity index (χ2v) is 5.51. The number of nitrogen functional groups attached to an aromatic ring is 1. The van der Waals surface area contributed by atoms with E-state index in [2.05, 4.69) is 22.0 Å². The molecule has 112 valence electrons. The Kier molecular flexibility index (Phi) is 3.79. The Bertz CT molecular complexity index is 643. The molecule has 0 saturated carbocycles. The number of aromatic nitrogens is 2. The van der Waals surface area contributed by atoms with Crippen molar-refractivity contribution in [2.75, 3.05) is 38.5 Å². The van der Waals surface area contributed by atoms with Gasteiger partial charge in [-0.05, 0) is 31.2 Å². The number of H-pyrrole nitrogens is 1. The Morgan fingerprint density at radius 2 is 2.10 bits per heavy atom. The lowest BCUT2D eigenvalue weighted by atomic mass is 10.1. The van der Waals surface area contributed by atoms with Gasteiger partial charge in [0.1, 0.15) is 0 Å². The van der Waals surface area contributed by atoms with Crippen LogP contribution in [0.15, 0.2) is 18.2 Å². The van der Waals surface area contributed by atoms with Crippen molar-refractivity contribution < 1.29 is 4.79 Å². The van der Waals surface area contributed by atoms with Crippen LogP contribution >= 0.6 is 0 Å². The number of carbonyl (C=O) groups excluding carboxylic acids is 1. The first-order valence-corrected chi connectivity index (χ1v) is 7.44. The normalized spacial score (nSPS) is 16.5. The molecule has 21 heavy (non-hydrogen) atoms. The van der Waals surface area contributed by atoms with Crippen molar-refractivity contribution in [3.63, 3.8) is 0 Å². The van der Waals surface area contributed by atoms with E-state index >= 15 is 0 Å². The van der Waals surface area contributed by atoms with E-state index in [1.807, 2.05) is 11.0 Å². The predicted octanol–water partition coefficient (Wildman–Crippen LogP) is 1.31. The minimum Gasteiger partial charge on any atom is -0.399 e. The van der Waals surface area contributed by atoms with Crippen molar-refractivity contribution >= 4 is 22.5 Å². The van der Waals surface area contributed by atoms with Crippen LogP contribution < -0.4 is 5.73 Å². The molecule has 1 amide bonds. The van der Waals surface area contributed by atoms with Crippen LogP contribution in [0.1, 0.15) is 23.8 Å². The van der Waals surface area contributed by atoms with Crippen LogP contribution in [0.5, 0.6) is 0 Å². The van der Waals surface area contributed by atoms with Crippen LogP contribution in [0.25, 0.3) is 10.9 Å². The van der Waals surface area contributed by atoms with Crippen LogP contribution in [0.2, 0.25) is 0 Å². The van der Waals surface area contributed by atoms with Gasteiger partial charge in [-0.1, -0.05) is 6.92 Å². The average molecular weight is 287 g/mol. The number of hydrogen-bond acceptors (Lipinski definition) is 4. The number of anilines is 1. The molecule has 1 saturated heterocycles. The number of fused-ring (bicyclic) bond motifs is 1. The summed E-state index contributed by atoms with van der Waals surface area (Å²) in [5.41, 5.74) is 7.77. The lowest BCUT2D eigenvalue weighted by Gasteiger charge is -2.34. The molecule has 3 N–H and O–H groups in total. The number of piperazine rings is 1. The number of amides is 1. The topological polar surface area (TPSA) is 78.2 Å². The highest BCUT2D eigenvalue weighted by Crippen LogP contribution is 2.20. The second kappa shape index (κ2) is 5.73. The molecule has 1 aliphatic rings. The standard InChI is InChI=1S/C15H21N5O/c1-2-5-19-6-8-20(9-7-19)15(21)14-12-10-11(16)3-4-13(12)17-18-14/h3-4,10H,2,5-9,16H2,1H3,(H,17,18). The molecule has 0 spiro atoms. The molecule has 1 fully saturated rings. The predicted molar refractivity (Wildman–Crippen MR) is 83.1 cm³/mol. The number of rotatable bonds is 3. The first-order chi connectivity index (χ1) is 10.2. The number of benzene rings is 1. The number of nitrogens with one attached hydrogen (secondary N) is 1. The minimum absolute atomic E-state index is 0.0111. The van der Waals surface area contributed by atoms with E-state index in [9.17, 15) is 4.79 Å². The van der Waals surface area contributed by atoms with Gasteiger partial charge in [-0.3, -0.25) is 14.8 Å². The Morgan fingerprint density at radius 3 is 2.81 bits per heavy atom. The van der Waals surface area contributed by atoms with E-state index in [4.69, 9.17) is 5.73 Å². The van der Waals surface area contributed by atoms with Crippen LogP contribution in [0.4, 0.5) is 5.69 Å². The number of nitrogens with zero attached hydrogens (tertiary/aromatic N) is 3. The van der Waals surface area contributed by atoms with Gasteiger partial charge in [-0.2, -0.15) is 5.10 Å². The van der Waals surface area contributed by atoms with Gasteiger partial charge in [0.05, 0.1) is 5.52 Å². The molecule has 6 nitrogen and oxygen atoms in total. The summed E-state index contributed by atoms with van der Waals surface area (Å²) < 4.78 is 0. The summed E-state index contributed by atoms with van der Waals surface area (Å²) in [5.74, 6) is -0.0111. The first kappa shape index (κ1) is 13.9. The third kappa shape index (κ3) is 2.71. The highest BCUT2D eigenvalue weighted by molar-refractivity contribution is 6.05. The van der Waals surface area contributed by atoms with Gasteiger partial charge in [0.15, 0.2) is 5.69 Å². The average Bonchev–Trinajstić information content (AvgIpc) is 2.90. The number of aromatic amines is 1. The molecule has 0 radical (unpaired) electrons. The third-order valence-electron chi connectivity index (χ3n) is 3.99. The molecule has 1 aromatic carbocycles. The van der Waals surface area contributed by atoms with E-state index in [1.165, 1.54) is 0 Å². The summed E-state index contributed by atoms with van der Waals surface area (Å²) >= 11 is 0. The smallest absolute Gasteiger partial charge is 0.275 e. The molecule has 1 aromatic heterocycles. The second-order valence-electron chi connectivity index (χ2n) is 5.51.